The number of carbonyl (C=O) groups excluding carboxylic acids is 1. The lowest BCUT2D eigenvalue weighted by Gasteiger charge is -2.66. The predicted molar refractivity (Wildman–Crippen MR) is 148 cm³/mol. The summed E-state index contributed by atoms with van der Waals surface area (Å²) in [5.74, 6) is 1.28. The third kappa shape index (κ3) is 4.47. The highest BCUT2D eigenvalue weighted by atomic mass is 16.5. The molecule has 1 unspecified atom stereocenters. The summed E-state index contributed by atoms with van der Waals surface area (Å²) in [7, 11) is 0. The standard InChI is InChI=1S/C30H33N7O3/c1-19-13-22(5-4-6-31)14-20(2)25(19)40-26-23-21(3)37(8-7-36-9-11-39-12-10-36)27(38)24(23)33-28(34-26)35-30-15-29(16-30,17-30)18-32/h4-5,13-14,21H,7-12,15-17H2,1-3H3,(H,33,34,35)/b5-4+. The summed E-state index contributed by atoms with van der Waals surface area (Å²) < 4.78 is 12.0. The molecule has 40 heavy (non-hydrogen) atoms. The first-order valence-electron chi connectivity index (χ1n) is 13.8. The fraction of sp³-hybridized carbons (Fsp3) is 0.500. The summed E-state index contributed by atoms with van der Waals surface area (Å²) in [5, 5.41) is 21.8. The Morgan fingerprint density at radius 2 is 1.85 bits per heavy atom. The number of hydrogen-bond donors (Lipinski definition) is 1. The molecule has 3 aliphatic carbocycles. The number of benzene rings is 1. The zero-order chi connectivity index (χ0) is 28.1. The molecule has 1 saturated heterocycles. The van der Waals surface area contributed by atoms with Gasteiger partial charge in [-0.15, -0.1) is 0 Å². The van der Waals surface area contributed by atoms with Crippen LogP contribution in [0.25, 0.3) is 6.08 Å². The van der Waals surface area contributed by atoms with E-state index in [-0.39, 0.29) is 22.9 Å². The third-order valence-electron chi connectivity index (χ3n) is 8.70. The number of amides is 1. The summed E-state index contributed by atoms with van der Waals surface area (Å²) in [4.78, 5) is 27.4. The number of allylic oxidation sites excluding steroid dienone is 1. The Morgan fingerprint density at radius 1 is 1.15 bits per heavy atom. The normalized spacial score (nSPS) is 27.0. The summed E-state index contributed by atoms with van der Waals surface area (Å²) >= 11 is 0. The molecule has 4 fully saturated rings. The van der Waals surface area contributed by atoms with Crippen molar-refractivity contribution in [3.05, 3.63) is 46.2 Å². The molecule has 0 spiro atoms. The topological polar surface area (TPSA) is 127 Å². The Balaban J connectivity index is 1.32. The molecule has 3 saturated carbocycles. The smallest absolute Gasteiger partial charge is 0.273 e. The highest BCUT2D eigenvalue weighted by Crippen LogP contribution is 2.67. The lowest BCUT2D eigenvalue weighted by atomic mass is 9.40. The number of anilines is 1. The van der Waals surface area contributed by atoms with E-state index in [4.69, 9.17) is 24.7 Å². The minimum Gasteiger partial charge on any atom is -0.438 e. The monoisotopic (exact) mass is 539 g/mol. The second-order valence-corrected chi connectivity index (χ2v) is 11.6. The molecule has 10 nitrogen and oxygen atoms in total. The number of fused-ring (bicyclic) bond motifs is 1. The maximum Gasteiger partial charge on any atom is 0.273 e. The van der Waals surface area contributed by atoms with Gasteiger partial charge in [-0.1, -0.05) is 0 Å². The zero-order valence-corrected chi connectivity index (χ0v) is 23.2. The molecule has 2 bridgehead atoms. The van der Waals surface area contributed by atoms with Gasteiger partial charge in [0.1, 0.15) is 11.4 Å². The average molecular weight is 540 g/mol. The summed E-state index contributed by atoms with van der Waals surface area (Å²) in [5.41, 5.74) is 3.35. The quantitative estimate of drug-likeness (QED) is 0.493. The number of nitrogens with zero attached hydrogens (tertiary/aromatic N) is 6. The molecule has 3 heterocycles. The van der Waals surface area contributed by atoms with Crippen LogP contribution < -0.4 is 10.1 Å². The molecule has 206 valence electrons. The van der Waals surface area contributed by atoms with Gasteiger partial charge in [0.05, 0.1) is 42.4 Å². The van der Waals surface area contributed by atoms with Gasteiger partial charge in [-0.25, -0.2) is 4.98 Å². The molecule has 7 rings (SSSR count). The average Bonchev–Trinajstić information content (AvgIpc) is 3.14. The van der Waals surface area contributed by atoms with E-state index in [1.54, 1.807) is 6.08 Å². The number of aryl methyl sites for hydroxylation is 2. The minimum atomic E-state index is -0.247. The number of nitriles is 2. The minimum absolute atomic E-state index is 0.123. The number of morpholine rings is 1. The lowest BCUT2D eigenvalue weighted by Crippen LogP contribution is -2.70. The molecule has 1 amide bonds. The Labute approximate surface area is 234 Å². The molecule has 1 atom stereocenters. The van der Waals surface area contributed by atoms with E-state index < -0.39 is 0 Å². The van der Waals surface area contributed by atoms with Gasteiger partial charge in [0, 0.05) is 37.8 Å². The van der Waals surface area contributed by atoms with Gasteiger partial charge in [0.25, 0.3) is 5.91 Å². The van der Waals surface area contributed by atoms with E-state index in [1.165, 1.54) is 6.08 Å². The van der Waals surface area contributed by atoms with Crippen LogP contribution >= 0.6 is 0 Å². The van der Waals surface area contributed by atoms with Crippen LogP contribution in [0.4, 0.5) is 5.95 Å². The number of carbonyl (C=O) groups is 1. The van der Waals surface area contributed by atoms with E-state index in [9.17, 15) is 10.1 Å². The highest BCUT2D eigenvalue weighted by molar-refractivity contribution is 5.98. The molecule has 1 aromatic heterocycles. The van der Waals surface area contributed by atoms with Gasteiger partial charge in [-0.05, 0) is 74.9 Å². The molecular weight excluding hydrogens is 506 g/mol. The molecular formula is C30H33N7O3. The fourth-order valence-electron chi connectivity index (χ4n) is 6.71. The van der Waals surface area contributed by atoms with Crippen molar-refractivity contribution >= 4 is 17.9 Å². The van der Waals surface area contributed by atoms with Crippen LogP contribution in [0.5, 0.6) is 11.6 Å². The van der Waals surface area contributed by atoms with Crippen LogP contribution in [-0.4, -0.2) is 70.6 Å². The predicted octanol–water partition coefficient (Wildman–Crippen LogP) is 4.13. The largest absolute Gasteiger partial charge is 0.438 e. The third-order valence-corrected chi connectivity index (χ3v) is 8.70. The van der Waals surface area contributed by atoms with E-state index in [2.05, 4.69) is 16.3 Å². The number of ether oxygens (including phenoxy) is 2. The van der Waals surface area contributed by atoms with Crippen LogP contribution in [-0.2, 0) is 4.74 Å². The molecule has 10 heteroatoms. The van der Waals surface area contributed by atoms with Crippen molar-refractivity contribution in [1.82, 2.24) is 19.8 Å². The van der Waals surface area contributed by atoms with Gasteiger partial charge in [-0.2, -0.15) is 15.5 Å². The van der Waals surface area contributed by atoms with Crippen LogP contribution in [0.2, 0.25) is 0 Å². The summed E-state index contributed by atoms with van der Waals surface area (Å²) in [6.07, 6.45) is 5.50. The van der Waals surface area contributed by atoms with E-state index >= 15 is 0 Å². The van der Waals surface area contributed by atoms with Gasteiger partial charge >= 0.3 is 0 Å². The van der Waals surface area contributed by atoms with E-state index in [0.29, 0.717) is 48.6 Å². The van der Waals surface area contributed by atoms with Crippen molar-refractivity contribution in [2.45, 2.75) is 51.6 Å². The van der Waals surface area contributed by atoms with Gasteiger partial charge in [-0.3, -0.25) is 9.69 Å². The number of rotatable bonds is 8. The van der Waals surface area contributed by atoms with Crippen molar-refractivity contribution in [3.63, 3.8) is 0 Å². The fourth-order valence-corrected chi connectivity index (χ4v) is 6.71. The second-order valence-electron chi connectivity index (χ2n) is 11.6. The first kappa shape index (κ1) is 26.2. The first-order chi connectivity index (χ1) is 19.3. The summed E-state index contributed by atoms with van der Waals surface area (Å²) in [6.45, 7) is 10.4. The van der Waals surface area contributed by atoms with Crippen LogP contribution in [0, 0.1) is 41.9 Å². The number of aromatic nitrogens is 2. The van der Waals surface area contributed by atoms with E-state index in [0.717, 1.165) is 55.6 Å². The van der Waals surface area contributed by atoms with Crippen LogP contribution in [0.3, 0.4) is 0 Å². The van der Waals surface area contributed by atoms with Gasteiger partial charge in [0.2, 0.25) is 11.8 Å². The number of hydrogen-bond acceptors (Lipinski definition) is 9. The Bertz CT molecular complexity index is 1440. The van der Waals surface area contributed by atoms with Crippen LogP contribution in [0.1, 0.15) is 65.0 Å². The maximum absolute atomic E-state index is 13.7. The Morgan fingerprint density at radius 3 is 2.50 bits per heavy atom. The zero-order valence-electron chi connectivity index (χ0n) is 23.2. The van der Waals surface area contributed by atoms with Crippen molar-refractivity contribution < 1.29 is 14.3 Å². The Hall–Kier alpha value is -3.99. The molecule has 2 aliphatic heterocycles. The van der Waals surface area contributed by atoms with Gasteiger partial charge < -0.3 is 19.7 Å². The van der Waals surface area contributed by atoms with Crippen LogP contribution in [0.15, 0.2) is 18.2 Å². The summed E-state index contributed by atoms with van der Waals surface area (Å²) in [6, 6.07) is 8.13. The molecule has 2 aromatic rings. The maximum atomic E-state index is 13.7. The SMILES string of the molecule is Cc1cc(/C=C/C#N)cc(C)c1Oc1nc(NC23CC(C#N)(C2)C3)nc2c1C(C)N(CCN1CCOCC1)C2=O. The van der Waals surface area contributed by atoms with Crippen molar-refractivity contribution in [2.24, 2.45) is 5.41 Å². The number of nitrogens with one attached hydrogen (secondary N) is 1. The van der Waals surface area contributed by atoms with Crippen molar-refractivity contribution in [3.8, 4) is 23.8 Å². The van der Waals surface area contributed by atoms with Gasteiger partial charge in [0.15, 0.2) is 0 Å². The first-order valence-corrected chi connectivity index (χ1v) is 13.8. The molecule has 5 aliphatic rings. The molecule has 0 radical (unpaired) electrons. The highest BCUT2D eigenvalue weighted by Gasteiger charge is 2.69. The molecule has 1 N–H and O–H groups in total. The van der Waals surface area contributed by atoms with Crippen molar-refractivity contribution in [1.29, 1.82) is 10.5 Å². The second kappa shape index (κ2) is 9.88. The Kier molecular flexibility index (Phi) is 6.48. The van der Waals surface area contributed by atoms with E-state index in [1.807, 2.05) is 43.9 Å². The molecule has 1 aromatic carbocycles. The van der Waals surface area contributed by atoms with Crippen molar-refractivity contribution in [2.75, 3.05) is 44.7 Å². The lowest BCUT2D eigenvalue weighted by molar-refractivity contribution is -0.0665.